The zero-order chi connectivity index (χ0) is 14.4. The maximum Gasteiger partial charge on any atom is 0.307 e. The first kappa shape index (κ1) is 13.4. The van der Waals surface area contributed by atoms with Crippen molar-refractivity contribution >= 4 is 17.6 Å². The average molecular weight is 265 g/mol. The second kappa shape index (κ2) is 4.24. The van der Waals surface area contributed by atoms with Crippen LogP contribution in [-0.4, -0.2) is 36.2 Å². The Balaban J connectivity index is 2.72. The summed E-state index contributed by atoms with van der Waals surface area (Å²) in [7, 11) is 2.95. The quantitative estimate of drug-likeness (QED) is 0.837. The standard InChI is InChI=1S/C13H15NO5/c1-7-4-5-8(19-3)11-10(7)13(18,6-9(15)16)12(17)14(11)2/h4-5,18H,6H2,1-3H3,(H,15,16). The minimum absolute atomic E-state index is 0.307. The molecule has 0 aliphatic carbocycles. The molecular weight excluding hydrogens is 250 g/mol. The number of carboxylic acid groups (broad SMARTS) is 1. The van der Waals surface area contributed by atoms with Gasteiger partial charge in [0.25, 0.3) is 5.91 Å². The van der Waals surface area contributed by atoms with Gasteiger partial charge in [0.1, 0.15) is 5.75 Å². The van der Waals surface area contributed by atoms with E-state index >= 15 is 0 Å². The highest BCUT2D eigenvalue weighted by atomic mass is 16.5. The summed E-state index contributed by atoms with van der Waals surface area (Å²) in [5.74, 6) is -1.46. The van der Waals surface area contributed by atoms with Crippen LogP contribution >= 0.6 is 0 Å². The third kappa shape index (κ3) is 1.76. The van der Waals surface area contributed by atoms with Crippen LogP contribution in [-0.2, 0) is 15.2 Å². The van der Waals surface area contributed by atoms with Crippen LogP contribution in [0.4, 0.5) is 5.69 Å². The summed E-state index contributed by atoms with van der Waals surface area (Å²) in [5, 5.41) is 19.5. The van der Waals surface area contributed by atoms with Crippen molar-refractivity contribution in [3.8, 4) is 5.75 Å². The summed E-state index contributed by atoms with van der Waals surface area (Å²) in [6.07, 6.45) is -0.669. The Bertz CT molecular complexity index is 568. The number of anilines is 1. The van der Waals surface area contributed by atoms with E-state index in [2.05, 4.69) is 0 Å². The van der Waals surface area contributed by atoms with E-state index in [0.717, 1.165) is 0 Å². The number of amides is 1. The van der Waals surface area contributed by atoms with Crippen LogP contribution in [0.2, 0.25) is 0 Å². The Morgan fingerprint density at radius 1 is 1.47 bits per heavy atom. The Hall–Kier alpha value is -2.08. The largest absolute Gasteiger partial charge is 0.495 e. The molecule has 1 amide bonds. The van der Waals surface area contributed by atoms with Gasteiger partial charge in [-0.15, -0.1) is 0 Å². The molecule has 19 heavy (non-hydrogen) atoms. The number of hydrogen-bond acceptors (Lipinski definition) is 4. The molecule has 6 heteroatoms. The molecule has 1 aliphatic rings. The van der Waals surface area contributed by atoms with Gasteiger partial charge in [0.2, 0.25) is 0 Å². The Labute approximate surface area is 110 Å². The van der Waals surface area contributed by atoms with Gasteiger partial charge in [0.15, 0.2) is 5.60 Å². The number of ether oxygens (including phenoxy) is 1. The first-order chi connectivity index (χ1) is 8.82. The lowest BCUT2D eigenvalue weighted by Gasteiger charge is -2.20. The van der Waals surface area contributed by atoms with Gasteiger partial charge in [0, 0.05) is 12.6 Å². The molecule has 0 aromatic heterocycles. The number of fused-ring (bicyclic) bond motifs is 1. The maximum absolute atomic E-state index is 12.2. The van der Waals surface area contributed by atoms with Crippen molar-refractivity contribution in [3.05, 3.63) is 23.3 Å². The number of rotatable bonds is 3. The van der Waals surface area contributed by atoms with Crippen molar-refractivity contribution in [1.29, 1.82) is 0 Å². The molecule has 2 N–H and O–H groups in total. The molecule has 1 atom stereocenters. The highest BCUT2D eigenvalue weighted by Gasteiger charge is 2.52. The number of aliphatic hydroxyl groups is 1. The van der Waals surface area contributed by atoms with E-state index in [1.807, 2.05) is 0 Å². The van der Waals surface area contributed by atoms with Crippen LogP contribution in [0.1, 0.15) is 17.5 Å². The topological polar surface area (TPSA) is 87.1 Å². The molecule has 1 unspecified atom stereocenters. The number of hydrogen-bond donors (Lipinski definition) is 2. The van der Waals surface area contributed by atoms with Crippen LogP contribution in [0.25, 0.3) is 0 Å². The number of benzene rings is 1. The summed E-state index contributed by atoms with van der Waals surface area (Å²) in [6.45, 7) is 1.72. The van der Waals surface area contributed by atoms with E-state index < -0.39 is 23.9 Å². The van der Waals surface area contributed by atoms with Gasteiger partial charge in [-0.2, -0.15) is 0 Å². The molecule has 2 rings (SSSR count). The number of carbonyl (C=O) groups excluding carboxylic acids is 1. The van der Waals surface area contributed by atoms with Crippen LogP contribution in [0, 0.1) is 6.92 Å². The van der Waals surface area contributed by atoms with Gasteiger partial charge >= 0.3 is 5.97 Å². The fourth-order valence-corrected chi connectivity index (χ4v) is 2.56. The normalized spacial score (nSPS) is 21.5. The van der Waals surface area contributed by atoms with Crippen molar-refractivity contribution in [3.63, 3.8) is 0 Å². The zero-order valence-electron chi connectivity index (χ0n) is 10.9. The molecule has 0 spiro atoms. The van der Waals surface area contributed by atoms with Gasteiger partial charge in [-0.05, 0) is 18.6 Å². The SMILES string of the molecule is COc1ccc(C)c2c1N(C)C(=O)C2(O)CC(=O)O. The average Bonchev–Trinajstić information content (AvgIpc) is 2.52. The molecule has 1 heterocycles. The fraction of sp³-hybridized carbons (Fsp3) is 0.385. The van der Waals surface area contributed by atoms with Gasteiger partial charge in [0.05, 0.1) is 19.2 Å². The minimum Gasteiger partial charge on any atom is -0.495 e. The highest BCUT2D eigenvalue weighted by Crippen LogP contribution is 2.48. The summed E-state index contributed by atoms with van der Waals surface area (Å²) >= 11 is 0. The third-order valence-electron chi connectivity index (χ3n) is 3.38. The Morgan fingerprint density at radius 3 is 2.63 bits per heavy atom. The Kier molecular flexibility index (Phi) is 2.98. The monoisotopic (exact) mass is 265 g/mol. The van der Waals surface area contributed by atoms with Crippen molar-refractivity contribution in [1.82, 2.24) is 0 Å². The van der Waals surface area contributed by atoms with Crippen LogP contribution in [0.15, 0.2) is 12.1 Å². The molecule has 102 valence electrons. The number of nitrogens with zero attached hydrogens (tertiary/aromatic N) is 1. The van der Waals surface area contributed by atoms with Gasteiger partial charge in [-0.3, -0.25) is 9.59 Å². The summed E-state index contributed by atoms with van der Waals surface area (Å²) in [6, 6.07) is 3.38. The predicted octanol–water partition coefficient (Wildman–Crippen LogP) is 0.642. The summed E-state index contributed by atoms with van der Waals surface area (Å²) < 4.78 is 5.18. The van der Waals surface area contributed by atoms with Crippen molar-refractivity contribution in [2.75, 3.05) is 19.1 Å². The van der Waals surface area contributed by atoms with Crippen molar-refractivity contribution in [2.45, 2.75) is 18.9 Å². The lowest BCUT2D eigenvalue weighted by Crippen LogP contribution is -2.40. The summed E-state index contributed by atoms with van der Waals surface area (Å²) in [4.78, 5) is 24.4. The molecule has 1 aromatic rings. The van der Waals surface area contributed by atoms with E-state index in [4.69, 9.17) is 9.84 Å². The lowest BCUT2D eigenvalue weighted by molar-refractivity contribution is -0.150. The van der Waals surface area contributed by atoms with Crippen molar-refractivity contribution < 1.29 is 24.5 Å². The van der Waals surface area contributed by atoms with E-state index in [0.29, 0.717) is 22.6 Å². The maximum atomic E-state index is 12.2. The lowest BCUT2D eigenvalue weighted by atomic mass is 9.88. The van der Waals surface area contributed by atoms with Gasteiger partial charge in [-0.1, -0.05) is 6.07 Å². The number of methoxy groups -OCH3 is 1. The third-order valence-corrected chi connectivity index (χ3v) is 3.38. The van der Waals surface area contributed by atoms with E-state index in [1.54, 1.807) is 19.1 Å². The second-order valence-corrected chi connectivity index (χ2v) is 4.60. The number of likely N-dealkylation sites (N-methyl/N-ethyl adjacent to an activating group) is 1. The molecule has 0 saturated carbocycles. The number of carbonyl (C=O) groups is 2. The van der Waals surface area contributed by atoms with Crippen LogP contribution < -0.4 is 9.64 Å². The smallest absolute Gasteiger partial charge is 0.307 e. The van der Waals surface area contributed by atoms with E-state index in [9.17, 15) is 14.7 Å². The number of carboxylic acids is 1. The molecule has 0 saturated heterocycles. The Morgan fingerprint density at radius 2 is 2.11 bits per heavy atom. The molecule has 1 aromatic carbocycles. The molecule has 6 nitrogen and oxygen atoms in total. The summed E-state index contributed by atoms with van der Waals surface area (Å²) in [5.41, 5.74) is -0.649. The van der Waals surface area contributed by atoms with Gasteiger partial charge in [-0.25, -0.2) is 0 Å². The molecule has 0 radical (unpaired) electrons. The minimum atomic E-state index is -2.03. The zero-order valence-corrected chi connectivity index (χ0v) is 10.9. The first-order valence-corrected chi connectivity index (χ1v) is 5.73. The highest BCUT2D eigenvalue weighted by molar-refractivity contribution is 6.09. The van der Waals surface area contributed by atoms with Gasteiger partial charge < -0.3 is 19.8 Å². The molecule has 0 bridgehead atoms. The first-order valence-electron chi connectivity index (χ1n) is 5.73. The van der Waals surface area contributed by atoms with Crippen LogP contribution in [0.5, 0.6) is 5.75 Å². The van der Waals surface area contributed by atoms with E-state index in [-0.39, 0.29) is 0 Å². The predicted molar refractivity (Wildman–Crippen MR) is 67.3 cm³/mol. The number of aryl methyl sites for hydroxylation is 1. The van der Waals surface area contributed by atoms with E-state index in [1.165, 1.54) is 19.1 Å². The second-order valence-electron chi connectivity index (χ2n) is 4.60. The van der Waals surface area contributed by atoms with Crippen molar-refractivity contribution in [2.24, 2.45) is 0 Å². The number of aliphatic carboxylic acids is 1. The van der Waals surface area contributed by atoms with Crippen LogP contribution in [0.3, 0.4) is 0 Å². The molecular formula is C13H15NO5. The molecule has 1 aliphatic heterocycles. The molecule has 0 fully saturated rings. The fourth-order valence-electron chi connectivity index (χ4n) is 2.56.